The third-order valence-electron chi connectivity index (χ3n) is 1.79. The minimum absolute atomic E-state index is 0.964. The van der Waals surface area contributed by atoms with Crippen LogP contribution in [0.5, 0.6) is 0 Å². The average molecular weight is 222 g/mol. The quantitative estimate of drug-likeness (QED) is 0.691. The van der Waals surface area contributed by atoms with Crippen LogP contribution in [0.15, 0.2) is 39.8 Å². The SMILES string of the molecule is Brc1ccc(C2=CCC=N2)cc1. The van der Waals surface area contributed by atoms with Gasteiger partial charge in [0.25, 0.3) is 0 Å². The standard InChI is InChI=1S/C10H8BrN/c11-9-5-3-8(4-6-9)10-2-1-7-12-10/h2-7H,1H2. The molecule has 0 aliphatic carbocycles. The Morgan fingerprint density at radius 2 is 1.92 bits per heavy atom. The van der Waals surface area contributed by atoms with Crippen molar-refractivity contribution >= 4 is 27.8 Å². The molecule has 0 saturated heterocycles. The number of allylic oxidation sites excluding steroid dienone is 1. The molecule has 0 saturated carbocycles. The van der Waals surface area contributed by atoms with Crippen molar-refractivity contribution < 1.29 is 0 Å². The zero-order valence-corrected chi connectivity index (χ0v) is 8.08. The molecule has 0 N–H and O–H groups in total. The molecule has 1 aromatic carbocycles. The summed E-state index contributed by atoms with van der Waals surface area (Å²) >= 11 is 3.40. The predicted octanol–water partition coefficient (Wildman–Crippen LogP) is 3.26. The molecule has 0 atom stereocenters. The third kappa shape index (κ3) is 1.48. The Bertz CT molecular complexity index is 335. The molecule has 0 spiro atoms. The van der Waals surface area contributed by atoms with Crippen LogP contribution in [-0.2, 0) is 0 Å². The van der Waals surface area contributed by atoms with Gasteiger partial charge in [-0.25, -0.2) is 0 Å². The van der Waals surface area contributed by atoms with Crippen molar-refractivity contribution in [2.24, 2.45) is 4.99 Å². The van der Waals surface area contributed by atoms with Crippen molar-refractivity contribution in [3.05, 3.63) is 40.4 Å². The zero-order valence-electron chi connectivity index (χ0n) is 6.50. The van der Waals surface area contributed by atoms with E-state index in [9.17, 15) is 0 Å². The lowest BCUT2D eigenvalue weighted by atomic mass is 10.1. The number of halogens is 1. The third-order valence-corrected chi connectivity index (χ3v) is 2.32. The van der Waals surface area contributed by atoms with Crippen LogP contribution >= 0.6 is 15.9 Å². The molecule has 0 fully saturated rings. The molecule has 1 aromatic rings. The lowest BCUT2D eigenvalue weighted by Gasteiger charge is -1.97. The van der Waals surface area contributed by atoms with Crippen molar-refractivity contribution in [2.75, 3.05) is 0 Å². The highest BCUT2D eigenvalue weighted by molar-refractivity contribution is 9.10. The van der Waals surface area contributed by atoms with Gasteiger partial charge in [0.1, 0.15) is 0 Å². The second-order valence-electron chi connectivity index (χ2n) is 2.64. The Morgan fingerprint density at radius 1 is 1.17 bits per heavy atom. The first-order valence-corrected chi connectivity index (χ1v) is 4.64. The maximum atomic E-state index is 4.26. The van der Waals surface area contributed by atoms with E-state index >= 15 is 0 Å². The van der Waals surface area contributed by atoms with Crippen LogP contribution in [0, 0.1) is 0 Å². The summed E-state index contributed by atoms with van der Waals surface area (Å²) in [6.07, 6.45) is 5.02. The fraction of sp³-hybridized carbons (Fsp3) is 0.100. The molecule has 0 bridgehead atoms. The van der Waals surface area contributed by atoms with Gasteiger partial charge >= 0.3 is 0 Å². The Morgan fingerprint density at radius 3 is 2.50 bits per heavy atom. The molecule has 0 unspecified atom stereocenters. The minimum Gasteiger partial charge on any atom is -0.261 e. The zero-order chi connectivity index (χ0) is 8.39. The van der Waals surface area contributed by atoms with Crippen molar-refractivity contribution in [3.63, 3.8) is 0 Å². The number of hydrogen-bond acceptors (Lipinski definition) is 1. The summed E-state index contributed by atoms with van der Waals surface area (Å²) in [6.45, 7) is 0. The summed E-state index contributed by atoms with van der Waals surface area (Å²) in [5.74, 6) is 0. The Labute approximate surface area is 80.0 Å². The summed E-state index contributed by atoms with van der Waals surface area (Å²) < 4.78 is 1.11. The number of rotatable bonds is 1. The van der Waals surface area contributed by atoms with Crippen LogP contribution in [0.1, 0.15) is 12.0 Å². The molecule has 0 aromatic heterocycles. The summed E-state index contributed by atoms with van der Waals surface area (Å²) in [7, 11) is 0. The number of aliphatic imine (C=N–C) groups is 1. The van der Waals surface area contributed by atoms with Crippen LogP contribution in [-0.4, -0.2) is 6.21 Å². The van der Waals surface area contributed by atoms with Gasteiger partial charge in [-0.2, -0.15) is 0 Å². The Balaban J connectivity index is 2.35. The second kappa shape index (κ2) is 3.23. The summed E-state index contributed by atoms with van der Waals surface area (Å²) in [4.78, 5) is 4.26. The van der Waals surface area contributed by atoms with E-state index in [1.54, 1.807) is 0 Å². The molecule has 12 heavy (non-hydrogen) atoms. The second-order valence-corrected chi connectivity index (χ2v) is 3.56. The van der Waals surface area contributed by atoms with Gasteiger partial charge in [-0.1, -0.05) is 34.1 Å². The van der Waals surface area contributed by atoms with E-state index in [-0.39, 0.29) is 0 Å². The molecule has 2 rings (SSSR count). The maximum absolute atomic E-state index is 4.26. The largest absolute Gasteiger partial charge is 0.261 e. The number of hydrogen-bond donors (Lipinski definition) is 0. The van der Waals surface area contributed by atoms with Crippen LogP contribution in [0.4, 0.5) is 0 Å². The molecule has 0 radical (unpaired) electrons. The van der Waals surface area contributed by atoms with Crippen LogP contribution in [0.3, 0.4) is 0 Å². The molecular formula is C10H8BrN. The van der Waals surface area contributed by atoms with Gasteiger partial charge in [0.2, 0.25) is 0 Å². The summed E-state index contributed by atoms with van der Waals surface area (Å²) in [5.41, 5.74) is 2.27. The highest BCUT2D eigenvalue weighted by atomic mass is 79.9. The first kappa shape index (κ1) is 7.74. The monoisotopic (exact) mass is 221 g/mol. The lowest BCUT2D eigenvalue weighted by molar-refractivity contribution is 1.51. The molecular weight excluding hydrogens is 214 g/mol. The molecule has 1 nitrogen and oxygen atoms in total. The Kier molecular flexibility index (Phi) is 2.09. The van der Waals surface area contributed by atoms with E-state index in [2.05, 4.69) is 39.1 Å². The summed E-state index contributed by atoms with van der Waals surface area (Å²) in [5, 5.41) is 0. The van der Waals surface area contributed by atoms with Gasteiger partial charge in [0, 0.05) is 17.1 Å². The van der Waals surface area contributed by atoms with E-state index in [0.29, 0.717) is 0 Å². The van der Waals surface area contributed by atoms with Gasteiger partial charge in [-0.05, 0) is 17.7 Å². The van der Waals surface area contributed by atoms with Gasteiger partial charge in [0.05, 0.1) is 5.70 Å². The van der Waals surface area contributed by atoms with E-state index in [1.807, 2.05) is 18.3 Å². The van der Waals surface area contributed by atoms with Crippen LogP contribution in [0.2, 0.25) is 0 Å². The van der Waals surface area contributed by atoms with Gasteiger partial charge in [-0.3, -0.25) is 4.99 Å². The minimum atomic E-state index is 0.964. The van der Waals surface area contributed by atoms with E-state index < -0.39 is 0 Å². The average Bonchev–Trinajstić information content (AvgIpc) is 2.58. The highest BCUT2D eigenvalue weighted by Crippen LogP contribution is 2.21. The lowest BCUT2D eigenvalue weighted by Crippen LogP contribution is -1.76. The topological polar surface area (TPSA) is 12.4 Å². The van der Waals surface area contributed by atoms with Crippen LogP contribution < -0.4 is 0 Å². The molecule has 1 aliphatic rings. The maximum Gasteiger partial charge on any atom is 0.0662 e. The molecule has 2 heteroatoms. The van der Waals surface area contributed by atoms with E-state index in [0.717, 1.165) is 16.6 Å². The van der Waals surface area contributed by atoms with Gasteiger partial charge < -0.3 is 0 Å². The highest BCUT2D eigenvalue weighted by Gasteiger charge is 2.01. The van der Waals surface area contributed by atoms with Crippen molar-refractivity contribution in [1.29, 1.82) is 0 Å². The molecule has 60 valence electrons. The summed E-state index contributed by atoms with van der Waals surface area (Å²) in [6, 6.07) is 8.20. The van der Waals surface area contributed by atoms with Crippen molar-refractivity contribution in [2.45, 2.75) is 6.42 Å². The van der Waals surface area contributed by atoms with Crippen molar-refractivity contribution in [1.82, 2.24) is 0 Å². The smallest absolute Gasteiger partial charge is 0.0662 e. The first-order valence-electron chi connectivity index (χ1n) is 3.85. The Hall–Kier alpha value is -0.890. The molecule has 1 aliphatic heterocycles. The molecule has 0 amide bonds. The predicted molar refractivity (Wildman–Crippen MR) is 55.2 cm³/mol. The van der Waals surface area contributed by atoms with Gasteiger partial charge in [-0.15, -0.1) is 0 Å². The first-order chi connectivity index (χ1) is 5.86. The fourth-order valence-electron chi connectivity index (χ4n) is 1.18. The number of nitrogens with zero attached hydrogens (tertiary/aromatic N) is 1. The van der Waals surface area contributed by atoms with Crippen LogP contribution in [0.25, 0.3) is 5.70 Å². The van der Waals surface area contributed by atoms with Crippen molar-refractivity contribution in [3.8, 4) is 0 Å². The number of benzene rings is 1. The van der Waals surface area contributed by atoms with E-state index in [1.165, 1.54) is 5.56 Å². The fourth-order valence-corrected chi connectivity index (χ4v) is 1.45. The van der Waals surface area contributed by atoms with E-state index in [4.69, 9.17) is 0 Å². The van der Waals surface area contributed by atoms with Gasteiger partial charge in [0.15, 0.2) is 0 Å². The normalized spacial score (nSPS) is 14.9. The molecule has 1 heterocycles.